The van der Waals surface area contributed by atoms with Gasteiger partial charge in [0.15, 0.2) is 0 Å². The first-order chi connectivity index (χ1) is 9.47. The van der Waals surface area contributed by atoms with Crippen molar-refractivity contribution in [2.75, 3.05) is 19.4 Å². The monoisotopic (exact) mass is 278 g/mol. The number of hydrogen-bond donors (Lipinski definition) is 4. The Morgan fingerprint density at radius 3 is 2.15 bits per heavy atom. The lowest BCUT2D eigenvalue weighted by atomic mass is 10.1. The summed E-state index contributed by atoms with van der Waals surface area (Å²) >= 11 is 0. The molecule has 6 heteroatoms. The SMILES string of the molecule is CNC(=O)C(C)NC(=O)Nc1ccc(C(C)NC)cc1. The molecule has 0 radical (unpaired) electrons. The molecule has 0 saturated heterocycles. The third kappa shape index (κ3) is 4.55. The first-order valence-electron chi connectivity index (χ1n) is 6.54. The summed E-state index contributed by atoms with van der Waals surface area (Å²) < 4.78 is 0. The predicted molar refractivity (Wildman–Crippen MR) is 79.6 cm³/mol. The van der Waals surface area contributed by atoms with Crippen LogP contribution >= 0.6 is 0 Å². The largest absolute Gasteiger partial charge is 0.357 e. The van der Waals surface area contributed by atoms with Crippen molar-refractivity contribution in [2.24, 2.45) is 0 Å². The molecule has 0 spiro atoms. The van der Waals surface area contributed by atoms with Gasteiger partial charge in [-0.2, -0.15) is 0 Å². The van der Waals surface area contributed by atoms with Gasteiger partial charge >= 0.3 is 6.03 Å². The van der Waals surface area contributed by atoms with E-state index in [1.54, 1.807) is 6.92 Å². The average molecular weight is 278 g/mol. The fourth-order valence-corrected chi connectivity index (χ4v) is 1.67. The molecule has 20 heavy (non-hydrogen) atoms. The number of carbonyl (C=O) groups is 2. The maximum Gasteiger partial charge on any atom is 0.319 e. The summed E-state index contributed by atoms with van der Waals surface area (Å²) in [6.45, 7) is 3.68. The fourth-order valence-electron chi connectivity index (χ4n) is 1.67. The third-order valence-corrected chi connectivity index (χ3v) is 3.09. The second-order valence-electron chi connectivity index (χ2n) is 4.57. The fraction of sp³-hybridized carbons (Fsp3) is 0.429. The molecule has 110 valence electrons. The molecule has 0 fully saturated rings. The van der Waals surface area contributed by atoms with Gasteiger partial charge in [0, 0.05) is 18.8 Å². The molecule has 0 bridgehead atoms. The van der Waals surface area contributed by atoms with Gasteiger partial charge in [0.05, 0.1) is 0 Å². The molecule has 1 rings (SSSR count). The number of hydrogen-bond acceptors (Lipinski definition) is 3. The Labute approximate surface area is 119 Å². The van der Waals surface area contributed by atoms with E-state index in [0.29, 0.717) is 5.69 Å². The molecule has 0 aliphatic heterocycles. The molecule has 2 atom stereocenters. The van der Waals surface area contributed by atoms with E-state index >= 15 is 0 Å². The Hall–Kier alpha value is -2.08. The first-order valence-corrected chi connectivity index (χ1v) is 6.54. The van der Waals surface area contributed by atoms with Crippen LogP contribution < -0.4 is 21.3 Å². The van der Waals surface area contributed by atoms with Crippen molar-refractivity contribution in [1.82, 2.24) is 16.0 Å². The minimum absolute atomic E-state index is 0.238. The van der Waals surface area contributed by atoms with Crippen molar-refractivity contribution < 1.29 is 9.59 Å². The summed E-state index contributed by atoms with van der Waals surface area (Å²) in [6, 6.07) is 6.81. The number of amides is 3. The number of nitrogens with one attached hydrogen (secondary N) is 4. The van der Waals surface area contributed by atoms with E-state index in [9.17, 15) is 9.59 Å². The van der Waals surface area contributed by atoms with Crippen LogP contribution in [0.3, 0.4) is 0 Å². The number of urea groups is 1. The minimum Gasteiger partial charge on any atom is -0.357 e. The van der Waals surface area contributed by atoms with Crippen LogP contribution in [0, 0.1) is 0 Å². The normalized spacial score (nSPS) is 13.2. The van der Waals surface area contributed by atoms with E-state index in [1.165, 1.54) is 7.05 Å². The van der Waals surface area contributed by atoms with Crippen molar-refractivity contribution in [1.29, 1.82) is 0 Å². The summed E-state index contributed by atoms with van der Waals surface area (Å²) in [4.78, 5) is 23.0. The van der Waals surface area contributed by atoms with E-state index in [4.69, 9.17) is 0 Å². The Morgan fingerprint density at radius 2 is 1.65 bits per heavy atom. The van der Waals surface area contributed by atoms with E-state index < -0.39 is 12.1 Å². The van der Waals surface area contributed by atoms with Crippen LogP contribution in [-0.2, 0) is 4.79 Å². The zero-order chi connectivity index (χ0) is 15.1. The molecule has 0 aliphatic rings. The molecule has 2 unspecified atom stereocenters. The lowest BCUT2D eigenvalue weighted by Gasteiger charge is -2.14. The van der Waals surface area contributed by atoms with Gasteiger partial charge in [-0.25, -0.2) is 4.79 Å². The summed E-state index contributed by atoms with van der Waals surface area (Å²) in [5, 5.41) is 10.9. The van der Waals surface area contributed by atoms with Crippen LogP contribution in [0.2, 0.25) is 0 Å². The maximum atomic E-state index is 11.7. The van der Waals surface area contributed by atoms with Gasteiger partial charge in [-0.1, -0.05) is 12.1 Å². The summed E-state index contributed by atoms with van der Waals surface area (Å²) in [5.74, 6) is -0.238. The quantitative estimate of drug-likeness (QED) is 0.653. The molecule has 0 saturated carbocycles. The molecule has 0 heterocycles. The summed E-state index contributed by atoms with van der Waals surface area (Å²) in [5.41, 5.74) is 1.82. The molecular formula is C14H22N4O2. The van der Waals surface area contributed by atoms with E-state index in [-0.39, 0.29) is 11.9 Å². The van der Waals surface area contributed by atoms with Gasteiger partial charge in [-0.15, -0.1) is 0 Å². The number of carbonyl (C=O) groups excluding carboxylic acids is 2. The summed E-state index contributed by atoms with van der Waals surface area (Å²) in [6.07, 6.45) is 0. The Bertz CT molecular complexity index is 459. The third-order valence-electron chi connectivity index (χ3n) is 3.09. The van der Waals surface area contributed by atoms with Gasteiger partial charge in [0.1, 0.15) is 6.04 Å². The van der Waals surface area contributed by atoms with Crippen LogP contribution in [0.5, 0.6) is 0 Å². The lowest BCUT2D eigenvalue weighted by molar-refractivity contribution is -0.122. The molecule has 4 N–H and O–H groups in total. The van der Waals surface area contributed by atoms with Gasteiger partial charge in [0.2, 0.25) is 5.91 Å². The van der Waals surface area contributed by atoms with Crippen LogP contribution in [0.1, 0.15) is 25.5 Å². The highest BCUT2D eigenvalue weighted by atomic mass is 16.2. The first kappa shape index (κ1) is 16.0. The van der Waals surface area contributed by atoms with Crippen LogP contribution in [-0.4, -0.2) is 32.1 Å². The van der Waals surface area contributed by atoms with Crippen molar-refractivity contribution in [3.05, 3.63) is 29.8 Å². The standard InChI is InChI=1S/C14H22N4O2/c1-9(15-3)11-5-7-12(8-6-11)18-14(20)17-10(2)13(19)16-4/h5-10,15H,1-4H3,(H,16,19)(H2,17,18,20). The topological polar surface area (TPSA) is 82.3 Å². The molecule has 1 aromatic rings. The average Bonchev–Trinajstić information content (AvgIpc) is 2.46. The molecule has 0 aromatic heterocycles. The number of anilines is 1. The van der Waals surface area contributed by atoms with Gasteiger partial charge in [-0.05, 0) is 38.6 Å². The lowest BCUT2D eigenvalue weighted by Crippen LogP contribution is -2.45. The summed E-state index contributed by atoms with van der Waals surface area (Å²) in [7, 11) is 3.42. The van der Waals surface area contributed by atoms with Crippen molar-refractivity contribution in [3.63, 3.8) is 0 Å². The number of likely N-dealkylation sites (N-methyl/N-ethyl adjacent to an activating group) is 1. The highest BCUT2D eigenvalue weighted by molar-refractivity contribution is 5.93. The molecule has 3 amide bonds. The molecule has 0 aliphatic carbocycles. The second kappa shape index (κ2) is 7.49. The molecular weight excluding hydrogens is 256 g/mol. The van der Waals surface area contributed by atoms with Crippen LogP contribution in [0.25, 0.3) is 0 Å². The Balaban J connectivity index is 2.56. The van der Waals surface area contributed by atoms with Crippen molar-refractivity contribution in [3.8, 4) is 0 Å². The van der Waals surface area contributed by atoms with Gasteiger partial charge in [-0.3, -0.25) is 4.79 Å². The van der Waals surface area contributed by atoms with E-state index in [0.717, 1.165) is 5.56 Å². The minimum atomic E-state index is -0.580. The van der Waals surface area contributed by atoms with E-state index in [1.807, 2.05) is 31.3 Å². The highest BCUT2D eigenvalue weighted by Gasteiger charge is 2.13. The number of benzene rings is 1. The smallest absolute Gasteiger partial charge is 0.319 e. The van der Waals surface area contributed by atoms with Crippen LogP contribution in [0.15, 0.2) is 24.3 Å². The Morgan fingerprint density at radius 1 is 1.05 bits per heavy atom. The maximum absolute atomic E-state index is 11.7. The number of rotatable bonds is 5. The predicted octanol–water partition coefficient (Wildman–Crippen LogP) is 1.22. The highest BCUT2D eigenvalue weighted by Crippen LogP contribution is 2.15. The van der Waals surface area contributed by atoms with Crippen LogP contribution in [0.4, 0.5) is 10.5 Å². The molecule has 6 nitrogen and oxygen atoms in total. The zero-order valence-electron chi connectivity index (χ0n) is 12.3. The molecule has 1 aromatic carbocycles. The van der Waals surface area contributed by atoms with E-state index in [2.05, 4.69) is 28.2 Å². The second-order valence-corrected chi connectivity index (χ2v) is 4.57. The Kier molecular flexibility index (Phi) is 5.99. The van der Waals surface area contributed by atoms with Crippen molar-refractivity contribution >= 4 is 17.6 Å². The van der Waals surface area contributed by atoms with Crippen molar-refractivity contribution in [2.45, 2.75) is 25.9 Å². The zero-order valence-corrected chi connectivity index (χ0v) is 12.3. The van der Waals surface area contributed by atoms with Gasteiger partial charge in [0.25, 0.3) is 0 Å². The van der Waals surface area contributed by atoms with Gasteiger partial charge < -0.3 is 21.3 Å².